The molecule has 2 aromatic carbocycles. The first-order valence-electron chi connectivity index (χ1n) is 6.80. The molecular formula is C17H19F2NS. The highest BCUT2D eigenvalue weighted by atomic mass is 32.2. The lowest BCUT2D eigenvalue weighted by Crippen LogP contribution is -2.35. The Balaban J connectivity index is 2.00. The van der Waals surface area contributed by atoms with E-state index >= 15 is 0 Å². The van der Waals surface area contributed by atoms with E-state index in [9.17, 15) is 8.78 Å². The second kappa shape index (κ2) is 6.58. The van der Waals surface area contributed by atoms with E-state index in [2.05, 4.69) is 26.1 Å². The molecule has 0 aliphatic rings. The molecule has 2 rings (SSSR count). The van der Waals surface area contributed by atoms with Gasteiger partial charge < -0.3 is 5.32 Å². The highest BCUT2D eigenvalue weighted by molar-refractivity contribution is 7.99. The number of nitrogens with one attached hydrogen (secondary N) is 1. The van der Waals surface area contributed by atoms with Crippen molar-refractivity contribution in [2.75, 3.05) is 0 Å². The Morgan fingerprint density at radius 2 is 1.52 bits per heavy atom. The molecule has 0 aromatic heterocycles. The molecule has 0 saturated heterocycles. The normalized spacial score (nSPS) is 11.7. The molecule has 1 nitrogen and oxygen atoms in total. The molecule has 0 fully saturated rings. The van der Waals surface area contributed by atoms with Crippen LogP contribution in [0.15, 0.2) is 52.3 Å². The standard InChI is InChI=1S/C17H19F2NS/c1-17(2,3)20-11-12-4-6-13(7-5-12)21-14-8-9-15(18)16(19)10-14/h4-10,20H,11H2,1-3H3. The van der Waals surface area contributed by atoms with Crippen molar-refractivity contribution in [2.45, 2.75) is 42.6 Å². The van der Waals surface area contributed by atoms with E-state index in [-0.39, 0.29) is 5.54 Å². The van der Waals surface area contributed by atoms with E-state index in [4.69, 9.17) is 0 Å². The number of benzene rings is 2. The van der Waals surface area contributed by atoms with Crippen molar-refractivity contribution in [3.8, 4) is 0 Å². The van der Waals surface area contributed by atoms with Crippen LogP contribution in [0.4, 0.5) is 8.78 Å². The van der Waals surface area contributed by atoms with Crippen LogP contribution in [-0.2, 0) is 6.54 Å². The second-order valence-electron chi connectivity index (χ2n) is 5.93. The smallest absolute Gasteiger partial charge is 0.159 e. The summed E-state index contributed by atoms with van der Waals surface area (Å²) in [5.41, 5.74) is 1.28. The van der Waals surface area contributed by atoms with Crippen molar-refractivity contribution in [1.82, 2.24) is 5.32 Å². The quantitative estimate of drug-likeness (QED) is 0.852. The van der Waals surface area contributed by atoms with Gasteiger partial charge in [0.2, 0.25) is 0 Å². The highest BCUT2D eigenvalue weighted by Gasteiger charge is 2.08. The Morgan fingerprint density at radius 3 is 2.10 bits per heavy atom. The van der Waals surface area contributed by atoms with Crippen molar-refractivity contribution >= 4 is 11.8 Å². The molecule has 0 amide bonds. The minimum atomic E-state index is -0.817. The van der Waals surface area contributed by atoms with E-state index < -0.39 is 11.6 Å². The van der Waals surface area contributed by atoms with Crippen LogP contribution in [0.5, 0.6) is 0 Å². The average Bonchev–Trinajstić information content (AvgIpc) is 2.41. The highest BCUT2D eigenvalue weighted by Crippen LogP contribution is 2.28. The Kier molecular flexibility index (Phi) is 5.01. The number of hydrogen-bond acceptors (Lipinski definition) is 2. The van der Waals surface area contributed by atoms with Crippen LogP contribution in [0, 0.1) is 11.6 Å². The van der Waals surface area contributed by atoms with E-state index in [1.54, 1.807) is 6.07 Å². The number of rotatable bonds is 4. The van der Waals surface area contributed by atoms with Gasteiger partial charge in [0.25, 0.3) is 0 Å². The number of hydrogen-bond donors (Lipinski definition) is 1. The van der Waals surface area contributed by atoms with Crippen LogP contribution in [0.2, 0.25) is 0 Å². The minimum absolute atomic E-state index is 0.0824. The Labute approximate surface area is 128 Å². The third-order valence-corrected chi connectivity index (χ3v) is 3.87. The fourth-order valence-electron chi connectivity index (χ4n) is 1.72. The maximum Gasteiger partial charge on any atom is 0.159 e. The predicted octanol–water partition coefficient (Wildman–Crippen LogP) is 5.00. The molecule has 0 heterocycles. The van der Waals surface area contributed by atoms with Gasteiger partial charge in [-0.2, -0.15) is 0 Å². The first-order chi connectivity index (χ1) is 9.83. The van der Waals surface area contributed by atoms with Gasteiger partial charge in [-0.15, -0.1) is 0 Å². The molecule has 0 aliphatic heterocycles. The summed E-state index contributed by atoms with van der Waals surface area (Å²) in [5, 5.41) is 3.42. The van der Waals surface area contributed by atoms with Crippen LogP contribution in [0.3, 0.4) is 0 Å². The summed E-state index contributed by atoms with van der Waals surface area (Å²) in [5.74, 6) is -1.63. The van der Waals surface area contributed by atoms with E-state index in [0.29, 0.717) is 4.90 Å². The van der Waals surface area contributed by atoms with E-state index in [0.717, 1.165) is 17.5 Å². The summed E-state index contributed by atoms with van der Waals surface area (Å²) in [7, 11) is 0. The third kappa shape index (κ3) is 5.14. The summed E-state index contributed by atoms with van der Waals surface area (Å²) in [6, 6.07) is 12.0. The molecular weight excluding hydrogens is 288 g/mol. The van der Waals surface area contributed by atoms with Gasteiger partial charge in [-0.25, -0.2) is 8.78 Å². The van der Waals surface area contributed by atoms with Crippen molar-refractivity contribution in [1.29, 1.82) is 0 Å². The van der Waals surface area contributed by atoms with Crippen molar-refractivity contribution in [2.24, 2.45) is 0 Å². The molecule has 0 radical (unpaired) electrons. The zero-order valence-electron chi connectivity index (χ0n) is 12.4. The topological polar surface area (TPSA) is 12.0 Å². The zero-order valence-corrected chi connectivity index (χ0v) is 13.2. The summed E-state index contributed by atoms with van der Waals surface area (Å²) < 4.78 is 26.0. The van der Waals surface area contributed by atoms with Crippen LogP contribution in [0.1, 0.15) is 26.3 Å². The molecule has 0 saturated carbocycles. The van der Waals surface area contributed by atoms with Gasteiger partial charge >= 0.3 is 0 Å². The molecule has 0 spiro atoms. The Bertz CT molecular complexity index is 603. The van der Waals surface area contributed by atoms with Crippen LogP contribution in [0.25, 0.3) is 0 Å². The summed E-state index contributed by atoms with van der Waals surface area (Å²) in [6.45, 7) is 7.18. The van der Waals surface area contributed by atoms with Gasteiger partial charge in [0.05, 0.1) is 0 Å². The van der Waals surface area contributed by atoms with Gasteiger partial charge in [0, 0.05) is 21.9 Å². The fourth-order valence-corrected chi connectivity index (χ4v) is 2.56. The maximum absolute atomic E-state index is 13.2. The summed E-state index contributed by atoms with van der Waals surface area (Å²) in [6.07, 6.45) is 0. The lowest BCUT2D eigenvalue weighted by atomic mass is 10.1. The largest absolute Gasteiger partial charge is 0.308 e. The second-order valence-corrected chi connectivity index (χ2v) is 7.07. The average molecular weight is 307 g/mol. The Hall–Kier alpha value is -1.39. The monoisotopic (exact) mass is 307 g/mol. The molecule has 0 bridgehead atoms. The van der Waals surface area contributed by atoms with Crippen LogP contribution < -0.4 is 5.32 Å². The van der Waals surface area contributed by atoms with Crippen molar-refractivity contribution in [3.05, 3.63) is 59.7 Å². The molecule has 2 aromatic rings. The van der Waals surface area contributed by atoms with E-state index in [1.165, 1.54) is 23.4 Å². The SMILES string of the molecule is CC(C)(C)NCc1ccc(Sc2ccc(F)c(F)c2)cc1. The van der Waals surface area contributed by atoms with Crippen molar-refractivity contribution in [3.63, 3.8) is 0 Å². The van der Waals surface area contributed by atoms with Gasteiger partial charge in [-0.1, -0.05) is 23.9 Å². The van der Waals surface area contributed by atoms with Gasteiger partial charge in [0.1, 0.15) is 0 Å². The third-order valence-electron chi connectivity index (χ3n) is 2.87. The molecule has 112 valence electrons. The fraction of sp³-hybridized carbons (Fsp3) is 0.294. The maximum atomic E-state index is 13.2. The summed E-state index contributed by atoms with van der Waals surface area (Å²) in [4.78, 5) is 1.69. The lowest BCUT2D eigenvalue weighted by molar-refractivity contribution is 0.424. The first-order valence-corrected chi connectivity index (χ1v) is 7.62. The first kappa shape index (κ1) is 16.0. The van der Waals surface area contributed by atoms with Gasteiger partial charge in [-0.05, 0) is 56.7 Å². The predicted molar refractivity (Wildman–Crippen MR) is 83.5 cm³/mol. The molecule has 1 N–H and O–H groups in total. The molecule has 0 atom stereocenters. The van der Waals surface area contributed by atoms with Crippen molar-refractivity contribution < 1.29 is 8.78 Å². The molecule has 0 aliphatic carbocycles. The zero-order chi connectivity index (χ0) is 15.5. The summed E-state index contributed by atoms with van der Waals surface area (Å²) >= 11 is 1.42. The molecule has 4 heteroatoms. The van der Waals surface area contributed by atoms with E-state index in [1.807, 2.05) is 24.3 Å². The van der Waals surface area contributed by atoms with Crippen LogP contribution in [-0.4, -0.2) is 5.54 Å². The Morgan fingerprint density at radius 1 is 0.905 bits per heavy atom. The van der Waals surface area contributed by atoms with Gasteiger partial charge in [-0.3, -0.25) is 0 Å². The molecule has 21 heavy (non-hydrogen) atoms. The van der Waals surface area contributed by atoms with Crippen LogP contribution >= 0.6 is 11.8 Å². The minimum Gasteiger partial charge on any atom is -0.308 e. The lowest BCUT2D eigenvalue weighted by Gasteiger charge is -2.20. The molecule has 0 unspecified atom stereocenters. The number of halogens is 2. The van der Waals surface area contributed by atoms with Gasteiger partial charge in [0.15, 0.2) is 11.6 Å².